The molecule has 3 heteroatoms. The van der Waals surface area contributed by atoms with Crippen LogP contribution >= 0.6 is 0 Å². The zero-order chi connectivity index (χ0) is 12.1. The average Bonchev–Trinajstić information content (AvgIpc) is 2.79. The lowest BCUT2D eigenvalue weighted by molar-refractivity contribution is 0.123. The van der Waals surface area contributed by atoms with E-state index in [0.717, 1.165) is 32.7 Å². The fourth-order valence-corrected chi connectivity index (χ4v) is 2.52. The van der Waals surface area contributed by atoms with Gasteiger partial charge in [0.1, 0.15) is 0 Å². The van der Waals surface area contributed by atoms with Gasteiger partial charge >= 0.3 is 0 Å². The molecule has 0 bridgehead atoms. The van der Waals surface area contributed by atoms with Gasteiger partial charge in [0.2, 0.25) is 0 Å². The highest BCUT2D eigenvalue weighted by atomic mass is 16.5. The van der Waals surface area contributed by atoms with Gasteiger partial charge < -0.3 is 15.4 Å². The highest BCUT2D eigenvalue weighted by molar-refractivity contribution is 5.14. The van der Waals surface area contributed by atoms with Gasteiger partial charge in [-0.2, -0.15) is 0 Å². The fraction of sp³-hybridized carbons (Fsp3) is 0.571. The third kappa shape index (κ3) is 3.28. The summed E-state index contributed by atoms with van der Waals surface area (Å²) >= 11 is 0. The van der Waals surface area contributed by atoms with Gasteiger partial charge in [-0.3, -0.25) is 0 Å². The Hall–Kier alpha value is -0.900. The molecule has 1 aromatic carbocycles. The third-order valence-corrected chi connectivity index (χ3v) is 3.52. The number of rotatable bonds is 5. The van der Waals surface area contributed by atoms with Crippen molar-refractivity contribution >= 4 is 0 Å². The smallest absolute Gasteiger partial charge is 0.0547 e. The minimum atomic E-state index is 0.170. The van der Waals surface area contributed by atoms with Crippen LogP contribution in [-0.2, 0) is 11.3 Å². The summed E-state index contributed by atoms with van der Waals surface area (Å²) in [7, 11) is 2.16. The van der Waals surface area contributed by atoms with Gasteiger partial charge in [-0.05, 0) is 19.0 Å². The van der Waals surface area contributed by atoms with E-state index in [1.165, 1.54) is 5.56 Å². The molecule has 1 atom stereocenters. The summed E-state index contributed by atoms with van der Waals surface area (Å²) in [5.41, 5.74) is 7.42. The Morgan fingerprint density at radius 1 is 1.35 bits per heavy atom. The van der Waals surface area contributed by atoms with Gasteiger partial charge in [-0.1, -0.05) is 30.3 Å². The maximum atomic E-state index is 5.90. The molecule has 1 heterocycles. The van der Waals surface area contributed by atoms with E-state index in [9.17, 15) is 0 Å². The molecule has 2 rings (SSSR count). The number of hydrogen-bond acceptors (Lipinski definition) is 3. The molecule has 94 valence electrons. The molecule has 0 aromatic heterocycles. The van der Waals surface area contributed by atoms with Gasteiger partial charge in [0.25, 0.3) is 0 Å². The van der Waals surface area contributed by atoms with Crippen LogP contribution in [0.15, 0.2) is 30.3 Å². The Kier molecular flexibility index (Phi) is 4.15. The Morgan fingerprint density at radius 3 is 2.71 bits per heavy atom. The average molecular weight is 234 g/mol. The second-order valence-corrected chi connectivity index (χ2v) is 5.16. The summed E-state index contributed by atoms with van der Waals surface area (Å²) in [6, 6.07) is 10.5. The van der Waals surface area contributed by atoms with Crippen molar-refractivity contribution in [3.8, 4) is 0 Å². The van der Waals surface area contributed by atoms with Crippen LogP contribution in [0.2, 0.25) is 0 Å². The van der Waals surface area contributed by atoms with E-state index in [1.54, 1.807) is 0 Å². The van der Waals surface area contributed by atoms with E-state index in [1.807, 2.05) is 0 Å². The highest BCUT2D eigenvalue weighted by Crippen LogP contribution is 2.28. The van der Waals surface area contributed by atoms with Crippen LogP contribution in [0, 0.1) is 5.41 Å². The summed E-state index contributed by atoms with van der Waals surface area (Å²) in [6.45, 7) is 4.37. The van der Waals surface area contributed by atoms with Gasteiger partial charge in [0.15, 0.2) is 0 Å². The number of nitrogens with two attached hydrogens (primary N) is 1. The zero-order valence-electron chi connectivity index (χ0n) is 10.6. The zero-order valence-corrected chi connectivity index (χ0v) is 10.6. The predicted molar refractivity (Wildman–Crippen MR) is 69.7 cm³/mol. The quantitative estimate of drug-likeness (QED) is 0.839. The SMILES string of the molecule is CN(Cc1ccccc1)CC1(CN)CCOC1. The lowest BCUT2D eigenvalue weighted by atomic mass is 9.87. The summed E-state index contributed by atoms with van der Waals surface area (Å²) in [6.07, 6.45) is 1.09. The van der Waals surface area contributed by atoms with Crippen LogP contribution in [0.25, 0.3) is 0 Å². The van der Waals surface area contributed by atoms with Crippen molar-refractivity contribution in [2.24, 2.45) is 11.1 Å². The lowest BCUT2D eigenvalue weighted by Gasteiger charge is -2.31. The molecular weight excluding hydrogens is 212 g/mol. The van der Waals surface area contributed by atoms with E-state index in [-0.39, 0.29) is 5.41 Å². The molecule has 3 nitrogen and oxygen atoms in total. The first-order valence-electron chi connectivity index (χ1n) is 6.24. The Bertz CT molecular complexity index is 333. The molecule has 1 aromatic rings. The number of hydrogen-bond donors (Lipinski definition) is 1. The van der Waals surface area contributed by atoms with Crippen molar-refractivity contribution in [1.29, 1.82) is 0 Å². The van der Waals surface area contributed by atoms with Crippen molar-refractivity contribution in [3.63, 3.8) is 0 Å². The Labute approximate surface area is 104 Å². The molecule has 1 saturated heterocycles. The molecule has 0 amide bonds. The van der Waals surface area contributed by atoms with Crippen LogP contribution in [0.4, 0.5) is 0 Å². The minimum Gasteiger partial charge on any atom is -0.381 e. The molecule has 0 spiro atoms. The van der Waals surface area contributed by atoms with Crippen molar-refractivity contribution in [2.45, 2.75) is 13.0 Å². The van der Waals surface area contributed by atoms with Crippen LogP contribution < -0.4 is 5.73 Å². The first-order chi connectivity index (χ1) is 8.24. The van der Waals surface area contributed by atoms with E-state index < -0.39 is 0 Å². The topological polar surface area (TPSA) is 38.5 Å². The number of benzene rings is 1. The molecule has 1 unspecified atom stereocenters. The standard InChI is InChI=1S/C14H22N2O/c1-16(9-13-5-3-2-4-6-13)11-14(10-15)7-8-17-12-14/h2-6H,7-12,15H2,1H3. The monoisotopic (exact) mass is 234 g/mol. The second kappa shape index (κ2) is 5.63. The molecule has 17 heavy (non-hydrogen) atoms. The molecule has 1 fully saturated rings. The summed E-state index contributed by atoms with van der Waals surface area (Å²) in [5, 5.41) is 0. The van der Waals surface area contributed by atoms with Crippen LogP contribution in [0.1, 0.15) is 12.0 Å². The molecule has 0 aliphatic carbocycles. The normalized spacial score (nSPS) is 24.4. The molecule has 0 radical (unpaired) electrons. The molecule has 2 N–H and O–H groups in total. The van der Waals surface area contributed by atoms with E-state index >= 15 is 0 Å². The van der Waals surface area contributed by atoms with E-state index in [0.29, 0.717) is 6.54 Å². The number of nitrogens with zero attached hydrogens (tertiary/aromatic N) is 1. The largest absolute Gasteiger partial charge is 0.381 e. The summed E-state index contributed by atoms with van der Waals surface area (Å²) in [4.78, 5) is 2.34. The van der Waals surface area contributed by atoms with E-state index in [4.69, 9.17) is 10.5 Å². The Morgan fingerprint density at radius 2 is 2.12 bits per heavy atom. The molecular formula is C14H22N2O. The van der Waals surface area contributed by atoms with Gasteiger partial charge in [0.05, 0.1) is 6.61 Å². The first kappa shape index (κ1) is 12.6. The predicted octanol–water partition coefficient (Wildman–Crippen LogP) is 1.48. The number of ether oxygens (including phenoxy) is 1. The lowest BCUT2D eigenvalue weighted by Crippen LogP contribution is -2.41. The summed E-state index contributed by atoms with van der Waals surface area (Å²) < 4.78 is 5.50. The van der Waals surface area contributed by atoms with Crippen LogP contribution in [-0.4, -0.2) is 38.3 Å². The summed E-state index contributed by atoms with van der Waals surface area (Å²) in [5.74, 6) is 0. The van der Waals surface area contributed by atoms with E-state index in [2.05, 4.69) is 42.3 Å². The molecule has 1 aliphatic heterocycles. The van der Waals surface area contributed by atoms with Gasteiger partial charge in [-0.25, -0.2) is 0 Å². The second-order valence-electron chi connectivity index (χ2n) is 5.16. The minimum absolute atomic E-state index is 0.170. The maximum Gasteiger partial charge on any atom is 0.0547 e. The fourth-order valence-electron chi connectivity index (χ4n) is 2.52. The van der Waals surface area contributed by atoms with Crippen LogP contribution in [0.3, 0.4) is 0 Å². The van der Waals surface area contributed by atoms with Crippen molar-refractivity contribution in [1.82, 2.24) is 4.90 Å². The van der Waals surface area contributed by atoms with Gasteiger partial charge in [-0.15, -0.1) is 0 Å². The van der Waals surface area contributed by atoms with Crippen LogP contribution in [0.5, 0.6) is 0 Å². The highest BCUT2D eigenvalue weighted by Gasteiger charge is 2.34. The molecule has 1 aliphatic rings. The van der Waals surface area contributed by atoms with Crippen molar-refractivity contribution in [3.05, 3.63) is 35.9 Å². The first-order valence-corrected chi connectivity index (χ1v) is 6.24. The van der Waals surface area contributed by atoms with Crippen molar-refractivity contribution in [2.75, 3.05) is 33.4 Å². The van der Waals surface area contributed by atoms with Crippen molar-refractivity contribution < 1.29 is 4.74 Å². The Balaban J connectivity index is 1.90. The van der Waals surface area contributed by atoms with Gasteiger partial charge in [0, 0.05) is 31.7 Å². The third-order valence-electron chi connectivity index (χ3n) is 3.52. The maximum absolute atomic E-state index is 5.90. The molecule has 0 saturated carbocycles.